The molecule has 0 saturated heterocycles. The molecule has 1 rings (SSSR count). The molecule has 3 nitrogen and oxygen atoms in total. The van der Waals surface area contributed by atoms with E-state index in [4.69, 9.17) is 11.6 Å². The first-order valence-electron chi connectivity index (χ1n) is 6.06. The second-order valence-corrected chi connectivity index (χ2v) is 7.22. The van der Waals surface area contributed by atoms with Crippen molar-refractivity contribution in [2.75, 3.05) is 6.54 Å². The molecule has 1 aromatic rings. The van der Waals surface area contributed by atoms with Crippen molar-refractivity contribution >= 4 is 21.4 Å². The monoisotopic (exact) mass is 289 g/mol. The van der Waals surface area contributed by atoms with Gasteiger partial charge < -0.3 is 5.32 Å². The van der Waals surface area contributed by atoms with E-state index >= 15 is 0 Å². The Hall–Kier alpha value is -0.580. The number of rotatable bonds is 6. The Labute approximate surface area is 114 Å². The molecule has 0 fully saturated rings. The Morgan fingerprint density at radius 1 is 1.28 bits per heavy atom. The summed E-state index contributed by atoms with van der Waals surface area (Å²) < 4.78 is 24.5. The van der Waals surface area contributed by atoms with Gasteiger partial charge in [-0.3, -0.25) is 0 Å². The van der Waals surface area contributed by atoms with Gasteiger partial charge in [-0.1, -0.05) is 36.7 Å². The molecule has 0 saturated carbocycles. The van der Waals surface area contributed by atoms with Crippen molar-refractivity contribution < 1.29 is 8.42 Å². The first kappa shape index (κ1) is 15.5. The number of sulfone groups is 1. The van der Waals surface area contributed by atoms with E-state index in [9.17, 15) is 8.42 Å². The minimum Gasteiger partial charge on any atom is -0.313 e. The molecular weight excluding hydrogens is 270 g/mol. The van der Waals surface area contributed by atoms with Crippen LogP contribution in [0.3, 0.4) is 0 Å². The van der Waals surface area contributed by atoms with Crippen molar-refractivity contribution in [2.24, 2.45) is 0 Å². The number of benzene rings is 1. The predicted molar refractivity (Wildman–Crippen MR) is 76.7 cm³/mol. The van der Waals surface area contributed by atoms with Crippen LogP contribution in [-0.2, 0) is 15.6 Å². The Morgan fingerprint density at radius 2 is 1.89 bits per heavy atom. The second-order valence-electron chi connectivity index (χ2n) is 4.45. The summed E-state index contributed by atoms with van der Waals surface area (Å²) in [6, 6.07) is 7.00. The highest BCUT2D eigenvalue weighted by Gasteiger charge is 2.26. The highest BCUT2D eigenvalue weighted by Crippen LogP contribution is 2.20. The maximum absolute atomic E-state index is 12.3. The maximum Gasteiger partial charge on any atom is 0.158 e. The molecule has 0 radical (unpaired) electrons. The third kappa shape index (κ3) is 3.97. The third-order valence-electron chi connectivity index (χ3n) is 3.11. The fourth-order valence-electron chi connectivity index (χ4n) is 1.76. The summed E-state index contributed by atoms with van der Waals surface area (Å²) in [5.74, 6) is -0.0103. The highest BCUT2D eigenvalue weighted by molar-refractivity contribution is 7.91. The van der Waals surface area contributed by atoms with Gasteiger partial charge >= 0.3 is 0 Å². The molecule has 0 bridgehead atoms. The SMILES string of the molecule is CCNC(C)C(C)S(=O)(=O)Cc1ccccc1Cl. The van der Waals surface area contributed by atoms with E-state index < -0.39 is 15.1 Å². The van der Waals surface area contributed by atoms with Crippen molar-refractivity contribution in [3.8, 4) is 0 Å². The lowest BCUT2D eigenvalue weighted by Gasteiger charge is -2.21. The standard InChI is InChI=1S/C13H20ClNO2S/c1-4-15-10(2)11(3)18(16,17)9-12-7-5-6-8-13(12)14/h5-8,10-11,15H,4,9H2,1-3H3. The van der Waals surface area contributed by atoms with Gasteiger partial charge in [-0.2, -0.15) is 0 Å². The van der Waals surface area contributed by atoms with Crippen LogP contribution in [0.5, 0.6) is 0 Å². The van der Waals surface area contributed by atoms with E-state index in [1.807, 2.05) is 13.8 Å². The average molecular weight is 290 g/mol. The van der Waals surface area contributed by atoms with Crippen LogP contribution in [0, 0.1) is 0 Å². The summed E-state index contributed by atoms with van der Waals surface area (Å²) in [6.07, 6.45) is 0. The molecule has 5 heteroatoms. The van der Waals surface area contributed by atoms with Gasteiger partial charge in [-0.15, -0.1) is 0 Å². The van der Waals surface area contributed by atoms with Crippen molar-refractivity contribution in [1.29, 1.82) is 0 Å². The van der Waals surface area contributed by atoms with Gasteiger partial charge in [0.15, 0.2) is 9.84 Å². The number of nitrogens with one attached hydrogen (secondary N) is 1. The normalized spacial score (nSPS) is 15.3. The van der Waals surface area contributed by atoms with Gasteiger partial charge in [0.1, 0.15) is 0 Å². The van der Waals surface area contributed by atoms with Crippen LogP contribution in [0.2, 0.25) is 5.02 Å². The summed E-state index contributed by atoms with van der Waals surface area (Å²) in [5, 5.41) is 3.21. The van der Waals surface area contributed by atoms with Gasteiger partial charge in [0.2, 0.25) is 0 Å². The quantitative estimate of drug-likeness (QED) is 0.876. The molecule has 2 atom stereocenters. The van der Waals surface area contributed by atoms with Crippen LogP contribution >= 0.6 is 11.6 Å². The molecule has 0 spiro atoms. The highest BCUT2D eigenvalue weighted by atomic mass is 35.5. The Bertz CT molecular complexity index is 488. The summed E-state index contributed by atoms with van der Waals surface area (Å²) in [4.78, 5) is 0. The van der Waals surface area contributed by atoms with Gasteiger partial charge in [-0.25, -0.2) is 8.42 Å². The predicted octanol–water partition coefficient (Wildman–Crippen LogP) is 2.64. The van der Waals surface area contributed by atoms with Crippen LogP contribution < -0.4 is 5.32 Å². The van der Waals surface area contributed by atoms with Crippen molar-refractivity contribution in [1.82, 2.24) is 5.32 Å². The molecule has 0 aliphatic rings. The van der Waals surface area contributed by atoms with E-state index in [1.54, 1.807) is 31.2 Å². The van der Waals surface area contributed by atoms with Crippen molar-refractivity contribution in [2.45, 2.75) is 37.8 Å². The van der Waals surface area contributed by atoms with E-state index in [-0.39, 0.29) is 11.8 Å². The smallest absolute Gasteiger partial charge is 0.158 e. The molecule has 1 aromatic carbocycles. The molecule has 2 unspecified atom stereocenters. The third-order valence-corrected chi connectivity index (χ3v) is 5.73. The summed E-state index contributed by atoms with van der Waals surface area (Å²) >= 11 is 6.00. The van der Waals surface area contributed by atoms with Crippen molar-refractivity contribution in [3.05, 3.63) is 34.9 Å². The van der Waals surface area contributed by atoms with Gasteiger partial charge in [0.05, 0.1) is 11.0 Å². The Balaban J connectivity index is 2.85. The lowest BCUT2D eigenvalue weighted by Crippen LogP contribution is -2.40. The molecule has 0 amide bonds. The minimum absolute atomic E-state index is 0.0103. The molecule has 1 N–H and O–H groups in total. The maximum atomic E-state index is 12.3. The van der Waals surface area contributed by atoms with Gasteiger partial charge in [0, 0.05) is 11.1 Å². The topological polar surface area (TPSA) is 46.2 Å². The lowest BCUT2D eigenvalue weighted by atomic mass is 10.2. The van der Waals surface area contributed by atoms with E-state index in [2.05, 4.69) is 5.32 Å². The van der Waals surface area contributed by atoms with Gasteiger partial charge in [-0.05, 0) is 32.0 Å². The van der Waals surface area contributed by atoms with E-state index in [1.165, 1.54) is 0 Å². The summed E-state index contributed by atoms with van der Waals surface area (Å²) in [6.45, 7) is 6.34. The molecule has 102 valence electrons. The first-order chi connectivity index (χ1) is 8.38. The summed E-state index contributed by atoms with van der Waals surface area (Å²) in [5.41, 5.74) is 0.662. The molecule has 18 heavy (non-hydrogen) atoms. The van der Waals surface area contributed by atoms with Crippen LogP contribution in [-0.4, -0.2) is 26.3 Å². The van der Waals surface area contributed by atoms with Crippen molar-refractivity contribution in [3.63, 3.8) is 0 Å². The number of hydrogen-bond donors (Lipinski definition) is 1. The zero-order valence-electron chi connectivity index (χ0n) is 11.0. The van der Waals surface area contributed by atoms with Crippen LogP contribution in [0.1, 0.15) is 26.3 Å². The largest absolute Gasteiger partial charge is 0.313 e. The van der Waals surface area contributed by atoms with Crippen LogP contribution in [0.4, 0.5) is 0 Å². The molecule has 0 aromatic heterocycles. The fourth-order valence-corrected chi connectivity index (χ4v) is 3.71. The first-order valence-corrected chi connectivity index (χ1v) is 8.16. The number of halogens is 1. The minimum atomic E-state index is -3.20. The molecule has 0 aliphatic carbocycles. The number of hydrogen-bond acceptors (Lipinski definition) is 3. The second kappa shape index (κ2) is 6.55. The zero-order chi connectivity index (χ0) is 13.8. The Morgan fingerprint density at radius 3 is 2.44 bits per heavy atom. The molecular formula is C13H20ClNO2S. The Kier molecular flexibility index (Phi) is 5.63. The van der Waals surface area contributed by atoms with E-state index in [0.29, 0.717) is 10.6 Å². The van der Waals surface area contributed by atoms with Crippen LogP contribution in [0.25, 0.3) is 0 Å². The summed E-state index contributed by atoms with van der Waals surface area (Å²) in [7, 11) is -3.20. The lowest BCUT2D eigenvalue weighted by molar-refractivity contribution is 0.520. The van der Waals surface area contributed by atoms with Gasteiger partial charge in [0.25, 0.3) is 0 Å². The van der Waals surface area contributed by atoms with Crippen LogP contribution in [0.15, 0.2) is 24.3 Å². The van der Waals surface area contributed by atoms with E-state index in [0.717, 1.165) is 6.54 Å². The molecule has 0 heterocycles. The zero-order valence-corrected chi connectivity index (χ0v) is 12.6. The fraction of sp³-hybridized carbons (Fsp3) is 0.538. The average Bonchev–Trinajstić information content (AvgIpc) is 2.31. The molecule has 0 aliphatic heterocycles.